The molecule has 1 saturated heterocycles. The van der Waals surface area contributed by atoms with Crippen LogP contribution in [0.25, 0.3) is 0 Å². The molecule has 0 spiro atoms. The molecule has 3 aromatic carbocycles. The Balaban J connectivity index is 1.16. The largest absolute Gasteiger partial charge is 0.497 e. The Bertz CT molecular complexity index is 1590. The lowest BCUT2D eigenvalue weighted by Crippen LogP contribution is -2.49. The summed E-state index contributed by atoms with van der Waals surface area (Å²) in [5.41, 5.74) is 3.08. The van der Waals surface area contributed by atoms with E-state index in [2.05, 4.69) is 4.90 Å². The van der Waals surface area contributed by atoms with E-state index in [1.807, 2.05) is 52.7 Å². The van der Waals surface area contributed by atoms with E-state index < -0.39 is 0 Å². The van der Waals surface area contributed by atoms with Crippen molar-refractivity contribution >= 4 is 22.9 Å². The van der Waals surface area contributed by atoms with Gasteiger partial charge in [0.2, 0.25) is 6.79 Å². The van der Waals surface area contributed by atoms with Gasteiger partial charge in [0.15, 0.2) is 11.5 Å². The number of anilines is 1. The number of hydrogen-bond donors (Lipinski definition) is 0. The summed E-state index contributed by atoms with van der Waals surface area (Å²) in [5.74, 6) is 2.58. The molecular weight excluding hydrogens is 571 g/mol. The molecule has 0 atom stereocenters. The number of piperazine rings is 1. The number of ether oxygens (including phenoxy) is 4. The molecule has 4 aromatic rings. The minimum absolute atomic E-state index is 0.102. The molecule has 1 aromatic heterocycles. The van der Waals surface area contributed by atoms with Gasteiger partial charge in [0.05, 0.1) is 26.5 Å². The fraction of sp³-hybridized carbons (Fsp3) is 0.312. The first-order chi connectivity index (χ1) is 21.0. The number of thiazole rings is 1. The summed E-state index contributed by atoms with van der Waals surface area (Å²) in [5, 5.41) is 2.66. The van der Waals surface area contributed by atoms with Gasteiger partial charge in [-0.2, -0.15) is 0 Å². The molecule has 224 valence electrons. The standard InChI is InChI=1S/C32H33FN4O5S/c1-39-24-9-8-23(29(16-24)40-2)18-35(17-22-7-10-28-30(15-22)42-21-41-28)19-31-34-26(20-43-31)32(38)37-13-11-36(12-14-37)27-6-4-3-5-25(27)33/h3-10,15-16,20H,11-14,17-19,21H2,1-2H3. The van der Waals surface area contributed by atoms with Gasteiger partial charge < -0.3 is 28.7 Å². The Morgan fingerprint density at radius 1 is 0.953 bits per heavy atom. The minimum atomic E-state index is -0.246. The van der Waals surface area contributed by atoms with Crippen LogP contribution in [0.1, 0.15) is 26.6 Å². The average molecular weight is 605 g/mol. The van der Waals surface area contributed by atoms with Gasteiger partial charge in [-0.05, 0) is 35.9 Å². The molecule has 43 heavy (non-hydrogen) atoms. The molecule has 0 unspecified atom stereocenters. The van der Waals surface area contributed by atoms with Crippen LogP contribution < -0.4 is 23.8 Å². The third-order valence-electron chi connectivity index (χ3n) is 7.62. The molecule has 3 heterocycles. The first-order valence-corrected chi connectivity index (χ1v) is 14.9. The van der Waals surface area contributed by atoms with Gasteiger partial charge in [0.1, 0.15) is 28.0 Å². The van der Waals surface area contributed by atoms with Crippen molar-refractivity contribution in [3.8, 4) is 23.0 Å². The van der Waals surface area contributed by atoms with Gasteiger partial charge in [0, 0.05) is 56.3 Å². The first kappa shape index (κ1) is 28.8. The second kappa shape index (κ2) is 12.9. The molecule has 11 heteroatoms. The molecule has 0 bridgehead atoms. The van der Waals surface area contributed by atoms with Crippen LogP contribution in [-0.2, 0) is 19.6 Å². The third kappa shape index (κ3) is 6.52. The summed E-state index contributed by atoms with van der Waals surface area (Å²) < 4.78 is 36.4. The SMILES string of the molecule is COc1ccc(CN(Cc2ccc3c(c2)OCO3)Cc2nc(C(=O)N3CCN(c4ccccc4F)CC3)cs2)c(OC)c1. The van der Waals surface area contributed by atoms with E-state index in [4.69, 9.17) is 23.9 Å². The van der Waals surface area contributed by atoms with Gasteiger partial charge in [-0.15, -0.1) is 11.3 Å². The topological polar surface area (TPSA) is 76.6 Å². The molecule has 6 rings (SSSR count). The van der Waals surface area contributed by atoms with E-state index in [-0.39, 0.29) is 18.5 Å². The summed E-state index contributed by atoms with van der Waals surface area (Å²) in [7, 11) is 3.28. The van der Waals surface area contributed by atoms with Crippen LogP contribution >= 0.6 is 11.3 Å². The quantitative estimate of drug-likeness (QED) is 0.245. The van der Waals surface area contributed by atoms with Crippen molar-refractivity contribution in [3.63, 3.8) is 0 Å². The smallest absolute Gasteiger partial charge is 0.273 e. The van der Waals surface area contributed by atoms with Crippen molar-refractivity contribution in [2.24, 2.45) is 0 Å². The Morgan fingerprint density at radius 3 is 2.56 bits per heavy atom. The second-order valence-corrected chi connectivity index (χ2v) is 11.3. The fourth-order valence-electron chi connectivity index (χ4n) is 5.38. The normalized spacial score (nSPS) is 14.3. The maximum absolute atomic E-state index is 14.3. The number of carbonyl (C=O) groups excluding carboxylic acids is 1. The summed E-state index contributed by atoms with van der Waals surface area (Å²) in [4.78, 5) is 24.1. The number of hydrogen-bond acceptors (Lipinski definition) is 9. The molecule has 0 aliphatic carbocycles. The van der Waals surface area contributed by atoms with E-state index in [1.54, 1.807) is 31.3 Å². The molecule has 9 nitrogen and oxygen atoms in total. The number of methoxy groups -OCH3 is 2. The number of aromatic nitrogens is 1. The van der Waals surface area contributed by atoms with Gasteiger partial charge in [-0.3, -0.25) is 9.69 Å². The van der Waals surface area contributed by atoms with Crippen molar-refractivity contribution in [2.45, 2.75) is 19.6 Å². The van der Waals surface area contributed by atoms with Crippen molar-refractivity contribution in [2.75, 3.05) is 52.1 Å². The van der Waals surface area contributed by atoms with Gasteiger partial charge >= 0.3 is 0 Å². The zero-order valence-electron chi connectivity index (χ0n) is 24.1. The van der Waals surface area contributed by atoms with E-state index in [9.17, 15) is 9.18 Å². The number of nitrogens with zero attached hydrogens (tertiary/aromatic N) is 4. The van der Waals surface area contributed by atoms with E-state index in [0.29, 0.717) is 57.2 Å². The predicted octanol–water partition coefficient (Wildman–Crippen LogP) is 5.19. The van der Waals surface area contributed by atoms with E-state index in [1.165, 1.54) is 17.4 Å². The average Bonchev–Trinajstić information content (AvgIpc) is 3.71. The summed E-state index contributed by atoms with van der Waals surface area (Å²) >= 11 is 1.47. The predicted molar refractivity (Wildman–Crippen MR) is 162 cm³/mol. The van der Waals surface area contributed by atoms with Gasteiger partial charge in [-0.1, -0.05) is 24.3 Å². The number of para-hydroxylation sites is 1. The first-order valence-electron chi connectivity index (χ1n) is 14.1. The lowest BCUT2D eigenvalue weighted by Gasteiger charge is -2.35. The van der Waals surface area contributed by atoms with Crippen LogP contribution in [0, 0.1) is 5.82 Å². The number of fused-ring (bicyclic) bond motifs is 1. The maximum Gasteiger partial charge on any atom is 0.273 e. The number of amides is 1. The van der Waals surface area contributed by atoms with Gasteiger partial charge in [-0.25, -0.2) is 9.37 Å². The summed E-state index contributed by atoms with van der Waals surface area (Å²) in [6.45, 7) is 4.10. The molecule has 1 fully saturated rings. The number of benzene rings is 3. The van der Waals surface area contributed by atoms with Crippen LogP contribution in [0.15, 0.2) is 66.0 Å². The molecule has 0 saturated carbocycles. The molecule has 0 radical (unpaired) electrons. The Morgan fingerprint density at radius 2 is 1.77 bits per heavy atom. The zero-order chi connectivity index (χ0) is 29.8. The highest BCUT2D eigenvalue weighted by molar-refractivity contribution is 7.09. The van der Waals surface area contributed by atoms with E-state index in [0.717, 1.165) is 39.1 Å². The maximum atomic E-state index is 14.3. The highest BCUT2D eigenvalue weighted by Crippen LogP contribution is 2.34. The van der Waals surface area contributed by atoms with Crippen LogP contribution in [0.5, 0.6) is 23.0 Å². The Labute approximate surface area is 254 Å². The van der Waals surface area contributed by atoms with Crippen molar-refractivity contribution < 1.29 is 28.1 Å². The summed E-state index contributed by atoms with van der Waals surface area (Å²) in [6, 6.07) is 18.5. The lowest BCUT2D eigenvalue weighted by atomic mass is 10.1. The zero-order valence-corrected chi connectivity index (χ0v) is 24.9. The molecular formula is C32H33FN4O5S. The molecule has 2 aliphatic heterocycles. The fourth-order valence-corrected chi connectivity index (χ4v) is 6.19. The third-order valence-corrected chi connectivity index (χ3v) is 8.45. The Kier molecular flexibility index (Phi) is 8.62. The van der Waals surface area contributed by atoms with Crippen LogP contribution in [0.3, 0.4) is 0 Å². The number of halogens is 1. The molecule has 1 amide bonds. The summed E-state index contributed by atoms with van der Waals surface area (Å²) in [6.07, 6.45) is 0. The van der Waals surface area contributed by atoms with Crippen LogP contribution in [0.2, 0.25) is 0 Å². The lowest BCUT2D eigenvalue weighted by molar-refractivity contribution is 0.0741. The molecule has 0 N–H and O–H groups in total. The Hall–Kier alpha value is -4.35. The molecule has 2 aliphatic rings. The second-order valence-electron chi connectivity index (χ2n) is 10.4. The van der Waals surface area contributed by atoms with Crippen LogP contribution in [-0.4, -0.2) is 67.9 Å². The van der Waals surface area contributed by atoms with E-state index >= 15 is 0 Å². The monoisotopic (exact) mass is 604 g/mol. The van der Waals surface area contributed by atoms with Crippen molar-refractivity contribution in [3.05, 3.63) is 93.7 Å². The minimum Gasteiger partial charge on any atom is -0.497 e. The highest BCUT2D eigenvalue weighted by atomic mass is 32.1. The highest BCUT2D eigenvalue weighted by Gasteiger charge is 2.26. The van der Waals surface area contributed by atoms with Crippen LogP contribution in [0.4, 0.5) is 10.1 Å². The number of rotatable bonds is 10. The van der Waals surface area contributed by atoms with Crippen molar-refractivity contribution in [1.82, 2.24) is 14.8 Å². The van der Waals surface area contributed by atoms with Gasteiger partial charge in [0.25, 0.3) is 5.91 Å². The van der Waals surface area contributed by atoms with Crippen molar-refractivity contribution in [1.29, 1.82) is 0 Å². The number of carbonyl (C=O) groups is 1.